The zero-order valence-electron chi connectivity index (χ0n) is 11.8. The van der Waals surface area contributed by atoms with Crippen molar-refractivity contribution in [2.45, 2.75) is 26.2 Å². The molecular formula is C14H19ClN2O4. The molecule has 0 aliphatic carbocycles. The molecule has 7 heteroatoms. The van der Waals surface area contributed by atoms with Gasteiger partial charge in [-0.2, -0.15) is 0 Å². The topological polar surface area (TPSA) is 92.5 Å². The largest absolute Gasteiger partial charge is 0.396 e. The third kappa shape index (κ3) is 5.32. The van der Waals surface area contributed by atoms with E-state index in [1.165, 1.54) is 12.1 Å². The van der Waals surface area contributed by atoms with Crippen molar-refractivity contribution in [1.82, 2.24) is 5.32 Å². The number of nitro groups is 1. The normalized spacial score (nSPS) is 12.0. The molecule has 1 atom stereocenters. The number of hydrogen-bond acceptors (Lipinski definition) is 4. The lowest BCUT2D eigenvalue weighted by molar-refractivity contribution is -0.385. The number of carbonyl (C=O) groups excluding carboxylic acids is 1. The Bertz CT molecular complexity index is 502. The zero-order valence-corrected chi connectivity index (χ0v) is 12.6. The summed E-state index contributed by atoms with van der Waals surface area (Å²) in [6, 6.07) is 3.95. The number of nitro benzene ring substituents is 1. The summed E-state index contributed by atoms with van der Waals surface area (Å²) in [7, 11) is 0. The van der Waals surface area contributed by atoms with Crippen molar-refractivity contribution in [1.29, 1.82) is 0 Å². The van der Waals surface area contributed by atoms with Crippen LogP contribution in [0.3, 0.4) is 0 Å². The fourth-order valence-corrected chi connectivity index (χ4v) is 2.29. The summed E-state index contributed by atoms with van der Waals surface area (Å²) in [6.45, 7) is 2.46. The van der Waals surface area contributed by atoms with Crippen LogP contribution in [0.5, 0.6) is 0 Å². The molecule has 0 fully saturated rings. The summed E-state index contributed by atoms with van der Waals surface area (Å²) >= 11 is 5.71. The van der Waals surface area contributed by atoms with Crippen molar-refractivity contribution < 1.29 is 14.8 Å². The highest BCUT2D eigenvalue weighted by Gasteiger charge is 2.21. The summed E-state index contributed by atoms with van der Waals surface area (Å²) in [5.41, 5.74) is -0.321. The zero-order chi connectivity index (χ0) is 15.8. The van der Waals surface area contributed by atoms with Gasteiger partial charge in [-0.15, -0.1) is 0 Å². The summed E-state index contributed by atoms with van der Waals surface area (Å²) in [5.74, 6) is -0.340. The number of aliphatic hydroxyl groups is 1. The molecule has 116 valence electrons. The molecule has 1 rings (SSSR count). The number of nitrogens with one attached hydrogen (secondary N) is 1. The molecule has 1 aromatic carbocycles. The van der Waals surface area contributed by atoms with Crippen molar-refractivity contribution in [3.05, 3.63) is 38.9 Å². The number of hydrogen-bond donors (Lipinski definition) is 2. The van der Waals surface area contributed by atoms with Gasteiger partial charge in [-0.05, 0) is 30.9 Å². The van der Waals surface area contributed by atoms with Crippen molar-refractivity contribution in [2.24, 2.45) is 5.92 Å². The highest BCUT2D eigenvalue weighted by Crippen LogP contribution is 2.23. The van der Waals surface area contributed by atoms with Crippen LogP contribution in [0.25, 0.3) is 0 Å². The van der Waals surface area contributed by atoms with Gasteiger partial charge in [0.1, 0.15) is 5.56 Å². The Morgan fingerprint density at radius 3 is 2.76 bits per heavy atom. The van der Waals surface area contributed by atoms with E-state index < -0.39 is 10.8 Å². The van der Waals surface area contributed by atoms with Gasteiger partial charge in [-0.25, -0.2) is 0 Å². The first-order valence-corrected chi connectivity index (χ1v) is 7.20. The molecule has 0 spiro atoms. The number of benzene rings is 1. The van der Waals surface area contributed by atoms with E-state index in [1.807, 2.05) is 6.92 Å². The second-order valence-electron chi connectivity index (χ2n) is 4.80. The fourth-order valence-electron chi connectivity index (χ4n) is 2.12. The SMILES string of the molecule is CCCC(CCO)CNC(=O)c1ccc(Cl)cc1[N+](=O)[O-]. The smallest absolute Gasteiger partial charge is 0.283 e. The molecular weight excluding hydrogens is 296 g/mol. The van der Waals surface area contributed by atoms with Gasteiger partial charge in [0.25, 0.3) is 11.6 Å². The number of carbonyl (C=O) groups is 1. The van der Waals surface area contributed by atoms with Gasteiger partial charge in [-0.3, -0.25) is 14.9 Å². The fraction of sp³-hybridized carbons (Fsp3) is 0.500. The van der Waals surface area contributed by atoms with Crippen LogP contribution < -0.4 is 5.32 Å². The molecule has 0 aliphatic heterocycles. The average Bonchev–Trinajstić information content (AvgIpc) is 2.44. The third-order valence-electron chi connectivity index (χ3n) is 3.19. The lowest BCUT2D eigenvalue weighted by Crippen LogP contribution is -2.30. The molecule has 0 radical (unpaired) electrons. The van der Waals surface area contributed by atoms with E-state index in [-0.39, 0.29) is 28.8 Å². The first-order valence-electron chi connectivity index (χ1n) is 6.82. The summed E-state index contributed by atoms with van der Waals surface area (Å²) in [5, 5.41) is 22.8. The lowest BCUT2D eigenvalue weighted by Gasteiger charge is -2.15. The molecule has 21 heavy (non-hydrogen) atoms. The Morgan fingerprint density at radius 1 is 1.48 bits per heavy atom. The number of amides is 1. The maximum atomic E-state index is 12.1. The van der Waals surface area contributed by atoms with Gasteiger partial charge in [-0.1, -0.05) is 24.9 Å². The van der Waals surface area contributed by atoms with Crippen LogP contribution in [0.1, 0.15) is 36.5 Å². The number of nitrogens with zero attached hydrogens (tertiary/aromatic N) is 1. The first-order chi connectivity index (χ1) is 9.99. The van der Waals surface area contributed by atoms with E-state index in [0.717, 1.165) is 18.9 Å². The number of halogens is 1. The monoisotopic (exact) mass is 314 g/mol. The van der Waals surface area contributed by atoms with Crippen molar-refractivity contribution >= 4 is 23.2 Å². The van der Waals surface area contributed by atoms with Crippen LogP contribution in [0.4, 0.5) is 5.69 Å². The summed E-state index contributed by atoms with van der Waals surface area (Å²) < 4.78 is 0. The molecule has 1 aromatic rings. The predicted molar refractivity (Wildman–Crippen MR) is 80.5 cm³/mol. The number of aliphatic hydroxyl groups excluding tert-OH is 1. The van der Waals surface area contributed by atoms with Crippen LogP contribution in [-0.4, -0.2) is 29.1 Å². The highest BCUT2D eigenvalue weighted by molar-refractivity contribution is 6.31. The molecule has 0 aromatic heterocycles. The molecule has 0 bridgehead atoms. The van der Waals surface area contributed by atoms with Crippen molar-refractivity contribution in [3.63, 3.8) is 0 Å². The van der Waals surface area contributed by atoms with E-state index in [2.05, 4.69) is 5.32 Å². The van der Waals surface area contributed by atoms with Crippen LogP contribution >= 0.6 is 11.6 Å². The first kappa shape index (κ1) is 17.4. The van der Waals surface area contributed by atoms with Crippen molar-refractivity contribution in [2.75, 3.05) is 13.2 Å². The van der Waals surface area contributed by atoms with Crippen molar-refractivity contribution in [3.8, 4) is 0 Å². The Kier molecular flexibility index (Phi) is 7.11. The molecule has 1 unspecified atom stereocenters. The van der Waals surface area contributed by atoms with Crippen LogP contribution in [0.15, 0.2) is 18.2 Å². The van der Waals surface area contributed by atoms with Gasteiger partial charge in [0.15, 0.2) is 0 Å². The van der Waals surface area contributed by atoms with Gasteiger partial charge >= 0.3 is 0 Å². The third-order valence-corrected chi connectivity index (χ3v) is 3.42. The molecule has 2 N–H and O–H groups in total. The van der Waals surface area contributed by atoms with E-state index in [1.54, 1.807) is 0 Å². The van der Waals surface area contributed by atoms with Crippen LogP contribution in [0.2, 0.25) is 5.02 Å². The highest BCUT2D eigenvalue weighted by atomic mass is 35.5. The van der Waals surface area contributed by atoms with E-state index in [0.29, 0.717) is 13.0 Å². The average molecular weight is 315 g/mol. The molecule has 0 heterocycles. The van der Waals surface area contributed by atoms with Gasteiger partial charge < -0.3 is 10.4 Å². The Morgan fingerprint density at radius 2 is 2.19 bits per heavy atom. The van der Waals surface area contributed by atoms with Gasteiger partial charge in [0, 0.05) is 24.2 Å². The standard InChI is InChI=1S/C14H19ClN2O4/c1-2-3-10(6-7-18)9-16-14(19)12-5-4-11(15)8-13(12)17(20)21/h4-5,8,10,18H,2-3,6-7,9H2,1H3,(H,16,19). The van der Waals surface area contributed by atoms with Gasteiger partial charge in [0.05, 0.1) is 4.92 Å². The quantitative estimate of drug-likeness (QED) is 0.570. The Labute approximate surface area is 128 Å². The van der Waals surface area contributed by atoms with E-state index in [4.69, 9.17) is 16.7 Å². The summed E-state index contributed by atoms with van der Waals surface area (Å²) in [6.07, 6.45) is 2.42. The van der Waals surface area contributed by atoms with Crippen LogP contribution in [-0.2, 0) is 0 Å². The van der Waals surface area contributed by atoms with E-state index in [9.17, 15) is 14.9 Å². The second kappa shape index (κ2) is 8.59. The van der Waals surface area contributed by atoms with E-state index >= 15 is 0 Å². The second-order valence-corrected chi connectivity index (χ2v) is 5.23. The molecule has 1 amide bonds. The molecule has 0 aliphatic rings. The summed E-state index contributed by atoms with van der Waals surface area (Å²) in [4.78, 5) is 22.4. The van der Waals surface area contributed by atoms with Crippen LogP contribution in [0, 0.1) is 16.0 Å². The molecule has 6 nitrogen and oxygen atoms in total. The Balaban J connectivity index is 2.77. The van der Waals surface area contributed by atoms with Gasteiger partial charge in [0.2, 0.25) is 0 Å². The maximum absolute atomic E-state index is 12.1. The lowest BCUT2D eigenvalue weighted by atomic mass is 10.00. The predicted octanol–water partition coefficient (Wildman–Crippen LogP) is 2.78. The minimum atomic E-state index is -0.627. The molecule has 0 saturated heterocycles. The Hall–Kier alpha value is -1.66. The maximum Gasteiger partial charge on any atom is 0.283 e. The minimum Gasteiger partial charge on any atom is -0.396 e. The molecule has 0 saturated carbocycles. The number of rotatable bonds is 8. The minimum absolute atomic E-state index is 0.0105.